The Morgan fingerprint density at radius 2 is 1.95 bits per heavy atom. The van der Waals surface area contributed by atoms with Crippen LogP contribution in [0.3, 0.4) is 0 Å². The average molecular weight is 278 g/mol. The molecule has 2 N–H and O–H groups in total. The van der Waals surface area contributed by atoms with E-state index in [-0.39, 0.29) is 18.1 Å². The molecular weight excluding hydrogens is 264 g/mol. The molecule has 0 spiro atoms. The van der Waals surface area contributed by atoms with E-state index in [0.29, 0.717) is 5.69 Å². The summed E-state index contributed by atoms with van der Waals surface area (Å²) in [5, 5.41) is 13.4. The highest BCUT2D eigenvalue weighted by Crippen LogP contribution is 2.22. The lowest BCUT2D eigenvalue weighted by atomic mass is 10.1. The van der Waals surface area contributed by atoms with Crippen LogP contribution in [-0.4, -0.2) is 16.0 Å². The summed E-state index contributed by atoms with van der Waals surface area (Å²) in [5.41, 5.74) is 2.23. The van der Waals surface area contributed by atoms with Crippen molar-refractivity contribution in [2.24, 2.45) is 0 Å². The van der Waals surface area contributed by atoms with Gasteiger partial charge < -0.3 is 10.4 Å². The second-order valence-corrected chi connectivity index (χ2v) is 4.77. The molecule has 4 nitrogen and oxygen atoms in total. The Hall–Kier alpha value is -2.88. The lowest BCUT2D eigenvalue weighted by Gasteiger charge is -2.07. The van der Waals surface area contributed by atoms with Gasteiger partial charge in [-0.25, -0.2) is 0 Å². The number of rotatable bonds is 3. The number of benzene rings is 2. The van der Waals surface area contributed by atoms with Crippen molar-refractivity contribution in [3.8, 4) is 5.75 Å². The predicted molar refractivity (Wildman–Crippen MR) is 82.2 cm³/mol. The largest absolute Gasteiger partial charge is 0.506 e. The van der Waals surface area contributed by atoms with Gasteiger partial charge in [-0.3, -0.25) is 9.78 Å². The first-order chi connectivity index (χ1) is 10.2. The van der Waals surface area contributed by atoms with E-state index in [4.69, 9.17) is 0 Å². The summed E-state index contributed by atoms with van der Waals surface area (Å²) >= 11 is 0. The molecule has 4 heteroatoms. The number of amides is 1. The van der Waals surface area contributed by atoms with Crippen LogP contribution in [0.5, 0.6) is 5.75 Å². The van der Waals surface area contributed by atoms with E-state index in [2.05, 4.69) is 10.3 Å². The Balaban J connectivity index is 1.75. The van der Waals surface area contributed by atoms with E-state index in [1.165, 1.54) is 6.07 Å². The zero-order valence-corrected chi connectivity index (χ0v) is 11.3. The fourth-order valence-electron chi connectivity index (χ4n) is 2.19. The molecule has 2 aromatic carbocycles. The molecule has 0 unspecified atom stereocenters. The van der Waals surface area contributed by atoms with Crippen molar-refractivity contribution in [3.63, 3.8) is 0 Å². The van der Waals surface area contributed by atoms with Gasteiger partial charge in [0.1, 0.15) is 5.75 Å². The highest BCUT2D eigenvalue weighted by atomic mass is 16.3. The van der Waals surface area contributed by atoms with Crippen LogP contribution in [0.15, 0.2) is 60.8 Å². The average Bonchev–Trinajstić information content (AvgIpc) is 2.49. The Bertz CT molecular complexity index is 799. The van der Waals surface area contributed by atoms with Crippen LogP contribution in [0.4, 0.5) is 5.69 Å². The minimum atomic E-state index is -0.167. The highest BCUT2D eigenvalue weighted by Gasteiger charge is 2.07. The molecule has 3 aromatic rings. The second-order valence-electron chi connectivity index (χ2n) is 4.77. The number of carbonyl (C=O) groups excluding carboxylic acids is 1. The molecule has 0 saturated heterocycles. The van der Waals surface area contributed by atoms with Crippen molar-refractivity contribution in [2.75, 3.05) is 5.32 Å². The first-order valence-electron chi connectivity index (χ1n) is 6.64. The molecule has 21 heavy (non-hydrogen) atoms. The number of hydrogen-bond acceptors (Lipinski definition) is 3. The van der Waals surface area contributed by atoms with E-state index < -0.39 is 0 Å². The summed E-state index contributed by atoms with van der Waals surface area (Å²) in [4.78, 5) is 16.3. The van der Waals surface area contributed by atoms with Crippen LogP contribution in [0.2, 0.25) is 0 Å². The molecule has 0 saturated carbocycles. The van der Waals surface area contributed by atoms with E-state index in [9.17, 15) is 9.90 Å². The van der Waals surface area contributed by atoms with Gasteiger partial charge >= 0.3 is 0 Å². The number of nitrogens with zero attached hydrogens (tertiary/aromatic N) is 1. The summed E-state index contributed by atoms with van der Waals surface area (Å²) < 4.78 is 0. The van der Waals surface area contributed by atoms with E-state index in [1.54, 1.807) is 24.4 Å². The van der Waals surface area contributed by atoms with E-state index in [0.717, 1.165) is 16.5 Å². The molecule has 1 aromatic heterocycles. The molecule has 0 radical (unpaired) electrons. The molecule has 0 aliphatic carbocycles. The summed E-state index contributed by atoms with van der Waals surface area (Å²) in [5.74, 6) is -0.103. The number of fused-ring (bicyclic) bond motifs is 1. The number of phenols is 1. The van der Waals surface area contributed by atoms with Crippen molar-refractivity contribution in [1.29, 1.82) is 0 Å². The summed E-state index contributed by atoms with van der Waals surface area (Å²) in [7, 11) is 0. The third-order valence-corrected chi connectivity index (χ3v) is 3.21. The fourth-order valence-corrected chi connectivity index (χ4v) is 2.19. The monoisotopic (exact) mass is 278 g/mol. The molecule has 1 amide bonds. The summed E-state index contributed by atoms with van der Waals surface area (Å²) in [6.45, 7) is 0. The smallest absolute Gasteiger partial charge is 0.228 e. The summed E-state index contributed by atoms with van der Waals surface area (Å²) in [6, 6.07) is 16.2. The fraction of sp³-hybridized carbons (Fsp3) is 0.0588. The van der Waals surface area contributed by atoms with Crippen molar-refractivity contribution >= 4 is 22.5 Å². The maximum Gasteiger partial charge on any atom is 0.228 e. The Morgan fingerprint density at radius 3 is 2.81 bits per heavy atom. The number of hydrogen-bond donors (Lipinski definition) is 2. The Labute approximate surface area is 122 Å². The number of carbonyl (C=O) groups is 1. The SMILES string of the molecule is O=C(Cc1ccc2ncccc2c1)Nc1ccccc1O. The van der Waals surface area contributed by atoms with Gasteiger partial charge in [-0.1, -0.05) is 24.3 Å². The molecule has 1 heterocycles. The predicted octanol–water partition coefficient (Wildman–Crippen LogP) is 3.12. The van der Waals surface area contributed by atoms with E-state index >= 15 is 0 Å². The normalized spacial score (nSPS) is 10.5. The van der Waals surface area contributed by atoms with Gasteiger partial charge in [-0.05, 0) is 35.9 Å². The molecule has 0 bridgehead atoms. The van der Waals surface area contributed by atoms with Gasteiger partial charge in [0, 0.05) is 11.6 Å². The lowest BCUT2D eigenvalue weighted by Crippen LogP contribution is -2.14. The minimum Gasteiger partial charge on any atom is -0.506 e. The van der Waals surface area contributed by atoms with Crippen molar-refractivity contribution in [2.45, 2.75) is 6.42 Å². The van der Waals surface area contributed by atoms with Crippen LogP contribution in [0.25, 0.3) is 10.9 Å². The minimum absolute atomic E-state index is 0.0635. The van der Waals surface area contributed by atoms with Crippen LogP contribution in [-0.2, 0) is 11.2 Å². The third kappa shape index (κ3) is 3.00. The second kappa shape index (κ2) is 5.63. The Morgan fingerprint density at radius 1 is 1.10 bits per heavy atom. The molecule has 0 aliphatic heterocycles. The van der Waals surface area contributed by atoms with Crippen LogP contribution < -0.4 is 5.32 Å². The standard InChI is InChI=1S/C17H14N2O2/c20-16-6-2-1-5-15(16)19-17(21)11-12-7-8-14-13(10-12)4-3-9-18-14/h1-10,20H,11H2,(H,19,21). The van der Waals surface area contributed by atoms with Crippen LogP contribution in [0, 0.1) is 0 Å². The van der Waals surface area contributed by atoms with Crippen LogP contribution >= 0.6 is 0 Å². The van der Waals surface area contributed by atoms with Crippen molar-refractivity contribution < 1.29 is 9.90 Å². The number of phenolic OH excluding ortho intramolecular Hbond substituents is 1. The third-order valence-electron chi connectivity index (χ3n) is 3.21. The van der Waals surface area contributed by atoms with Crippen molar-refractivity contribution in [3.05, 3.63) is 66.4 Å². The number of pyridine rings is 1. The van der Waals surface area contributed by atoms with Gasteiger partial charge in [0.15, 0.2) is 0 Å². The Kier molecular flexibility index (Phi) is 3.51. The number of aromatic hydroxyl groups is 1. The molecule has 3 rings (SSSR count). The maximum atomic E-state index is 12.0. The maximum absolute atomic E-state index is 12.0. The lowest BCUT2D eigenvalue weighted by molar-refractivity contribution is -0.115. The van der Waals surface area contributed by atoms with E-state index in [1.807, 2.05) is 30.3 Å². The summed E-state index contributed by atoms with van der Waals surface area (Å²) in [6.07, 6.45) is 1.99. The number of anilines is 1. The topological polar surface area (TPSA) is 62.2 Å². The first kappa shape index (κ1) is 13.1. The quantitative estimate of drug-likeness (QED) is 0.724. The van der Waals surface area contributed by atoms with Gasteiger partial charge in [0.2, 0.25) is 5.91 Å². The number of para-hydroxylation sites is 2. The van der Waals surface area contributed by atoms with Crippen molar-refractivity contribution in [1.82, 2.24) is 4.98 Å². The highest BCUT2D eigenvalue weighted by molar-refractivity contribution is 5.94. The van der Waals surface area contributed by atoms with Crippen LogP contribution in [0.1, 0.15) is 5.56 Å². The van der Waals surface area contributed by atoms with Gasteiger partial charge in [-0.2, -0.15) is 0 Å². The molecular formula is C17H14N2O2. The molecule has 0 fully saturated rings. The van der Waals surface area contributed by atoms with Gasteiger partial charge in [-0.15, -0.1) is 0 Å². The van der Waals surface area contributed by atoms with Gasteiger partial charge in [0.05, 0.1) is 17.6 Å². The zero-order valence-electron chi connectivity index (χ0n) is 11.3. The molecule has 0 atom stereocenters. The zero-order chi connectivity index (χ0) is 14.7. The van der Waals surface area contributed by atoms with Gasteiger partial charge in [0.25, 0.3) is 0 Å². The number of aromatic nitrogens is 1. The first-order valence-corrected chi connectivity index (χ1v) is 6.64. The molecule has 0 aliphatic rings. The molecule has 104 valence electrons. The number of nitrogens with one attached hydrogen (secondary N) is 1.